The molecule has 6 heteroatoms. The quantitative estimate of drug-likeness (QED) is 0.759. The van der Waals surface area contributed by atoms with E-state index in [0.717, 1.165) is 0 Å². The number of hydrogen-bond donors (Lipinski definition) is 1. The molecule has 0 bridgehead atoms. The van der Waals surface area contributed by atoms with Gasteiger partial charge in [-0.2, -0.15) is 5.10 Å². The van der Waals surface area contributed by atoms with Crippen LogP contribution in [-0.2, 0) is 4.74 Å². The van der Waals surface area contributed by atoms with Crippen LogP contribution in [0, 0.1) is 6.92 Å². The number of carbonyl (C=O) groups excluding carboxylic acids is 1. The third-order valence-electron chi connectivity index (χ3n) is 2.08. The van der Waals surface area contributed by atoms with Gasteiger partial charge in [-0.05, 0) is 13.0 Å². The maximum Gasteiger partial charge on any atom is 0.356 e. The van der Waals surface area contributed by atoms with E-state index in [0.29, 0.717) is 22.8 Å². The average molecular weight is 218 g/mol. The van der Waals surface area contributed by atoms with Gasteiger partial charge in [0.15, 0.2) is 5.69 Å². The highest BCUT2D eigenvalue weighted by molar-refractivity contribution is 5.94. The predicted molar refractivity (Wildman–Crippen MR) is 55.7 cm³/mol. The third-order valence-corrected chi connectivity index (χ3v) is 2.08. The molecule has 0 fully saturated rings. The highest BCUT2D eigenvalue weighted by atomic mass is 16.5. The van der Waals surface area contributed by atoms with E-state index in [1.807, 2.05) is 0 Å². The van der Waals surface area contributed by atoms with Crippen molar-refractivity contribution in [2.75, 3.05) is 7.11 Å². The summed E-state index contributed by atoms with van der Waals surface area (Å²) in [5.74, 6) is 0.165. The second-order valence-corrected chi connectivity index (χ2v) is 3.14. The molecule has 0 saturated heterocycles. The number of ether oxygens (including phenoxy) is 1. The molecule has 16 heavy (non-hydrogen) atoms. The van der Waals surface area contributed by atoms with Gasteiger partial charge in [-0.15, -0.1) is 0 Å². The highest BCUT2D eigenvalue weighted by Crippen LogP contribution is 2.19. The average Bonchev–Trinajstić information content (AvgIpc) is 2.77. The van der Waals surface area contributed by atoms with Crippen molar-refractivity contribution in [3.8, 4) is 11.3 Å². The van der Waals surface area contributed by atoms with Crippen molar-refractivity contribution in [3.05, 3.63) is 30.0 Å². The number of hydrogen-bond acceptors (Lipinski definition) is 5. The monoisotopic (exact) mass is 218 g/mol. The summed E-state index contributed by atoms with van der Waals surface area (Å²) in [6.07, 6.45) is 3.17. The number of H-pyrrole nitrogens is 1. The molecule has 2 heterocycles. The van der Waals surface area contributed by atoms with Gasteiger partial charge in [-0.1, -0.05) is 0 Å². The number of nitrogens with one attached hydrogen (secondary N) is 1. The minimum atomic E-state index is -0.469. The molecule has 0 aliphatic carbocycles. The van der Waals surface area contributed by atoms with Gasteiger partial charge >= 0.3 is 5.97 Å². The van der Waals surface area contributed by atoms with Gasteiger partial charge < -0.3 is 4.74 Å². The molecule has 0 aliphatic rings. The standard InChI is InChI=1S/C10H10N4O2/c1-6-11-4-3-8(13-6)7-5-12-14-9(7)10(15)16-2/h3-5H,1-2H3,(H,12,14). The zero-order valence-electron chi connectivity index (χ0n) is 8.89. The minimum Gasteiger partial charge on any atom is -0.464 e. The predicted octanol–water partition coefficient (Wildman–Crippen LogP) is 0.962. The number of esters is 1. The minimum absolute atomic E-state index is 0.292. The largest absolute Gasteiger partial charge is 0.464 e. The van der Waals surface area contributed by atoms with Crippen LogP contribution < -0.4 is 0 Å². The molecule has 0 atom stereocenters. The van der Waals surface area contributed by atoms with Crippen molar-refractivity contribution < 1.29 is 9.53 Å². The lowest BCUT2D eigenvalue weighted by molar-refractivity contribution is 0.0595. The first-order valence-electron chi connectivity index (χ1n) is 4.64. The summed E-state index contributed by atoms with van der Waals surface area (Å²) in [7, 11) is 1.32. The molecule has 0 aliphatic heterocycles. The number of rotatable bonds is 2. The fourth-order valence-electron chi connectivity index (χ4n) is 1.34. The Kier molecular flexibility index (Phi) is 2.63. The molecule has 0 saturated carbocycles. The summed E-state index contributed by atoms with van der Waals surface area (Å²) in [6.45, 7) is 1.78. The smallest absolute Gasteiger partial charge is 0.356 e. The molecule has 2 aromatic heterocycles. The first-order valence-corrected chi connectivity index (χ1v) is 4.64. The molecular formula is C10H10N4O2. The summed E-state index contributed by atoms with van der Waals surface area (Å²) in [6, 6.07) is 1.71. The van der Waals surface area contributed by atoms with E-state index < -0.39 is 5.97 Å². The van der Waals surface area contributed by atoms with Crippen LogP contribution in [0.3, 0.4) is 0 Å². The van der Waals surface area contributed by atoms with Crippen LogP contribution in [0.25, 0.3) is 11.3 Å². The van der Waals surface area contributed by atoms with Gasteiger partial charge in [0.1, 0.15) is 5.82 Å². The van der Waals surface area contributed by atoms with Crippen LogP contribution >= 0.6 is 0 Å². The number of nitrogens with zero attached hydrogens (tertiary/aromatic N) is 3. The van der Waals surface area contributed by atoms with Gasteiger partial charge in [-0.3, -0.25) is 5.10 Å². The Balaban J connectivity index is 2.48. The fraction of sp³-hybridized carbons (Fsp3) is 0.200. The van der Waals surface area contributed by atoms with Crippen LogP contribution in [-0.4, -0.2) is 33.2 Å². The molecule has 0 spiro atoms. The highest BCUT2D eigenvalue weighted by Gasteiger charge is 2.16. The Bertz CT molecular complexity index is 521. The van der Waals surface area contributed by atoms with Gasteiger partial charge in [-0.25, -0.2) is 14.8 Å². The molecule has 6 nitrogen and oxygen atoms in total. The summed E-state index contributed by atoms with van der Waals surface area (Å²) >= 11 is 0. The van der Waals surface area contributed by atoms with Crippen molar-refractivity contribution in [3.63, 3.8) is 0 Å². The molecule has 82 valence electrons. The summed E-state index contributed by atoms with van der Waals surface area (Å²) in [4.78, 5) is 19.6. The lowest BCUT2D eigenvalue weighted by Gasteiger charge is -2.01. The number of aromatic nitrogens is 4. The Hall–Kier alpha value is -2.24. The van der Waals surface area contributed by atoms with Crippen molar-refractivity contribution >= 4 is 5.97 Å². The Morgan fingerprint density at radius 3 is 3.00 bits per heavy atom. The lowest BCUT2D eigenvalue weighted by atomic mass is 10.2. The number of aromatic amines is 1. The van der Waals surface area contributed by atoms with E-state index in [-0.39, 0.29) is 0 Å². The SMILES string of the molecule is COC(=O)c1[nH]ncc1-c1ccnc(C)n1. The normalized spacial score (nSPS) is 10.1. The summed E-state index contributed by atoms with van der Waals surface area (Å²) in [5.41, 5.74) is 1.54. The zero-order chi connectivity index (χ0) is 11.5. The molecule has 2 aromatic rings. The molecule has 0 amide bonds. The molecule has 0 aromatic carbocycles. The summed E-state index contributed by atoms with van der Waals surface area (Å²) in [5, 5.41) is 6.40. The second kappa shape index (κ2) is 4.09. The zero-order valence-corrected chi connectivity index (χ0v) is 8.89. The van der Waals surface area contributed by atoms with Gasteiger partial charge in [0.2, 0.25) is 0 Å². The van der Waals surface area contributed by atoms with E-state index in [1.54, 1.807) is 19.2 Å². The van der Waals surface area contributed by atoms with Gasteiger partial charge in [0.25, 0.3) is 0 Å². The maximum absolute atomic E-state index is 11.4. The number of carbonyl (C=O) groups is 1. The Morgan fingerprint density at radius 1 is 1.50 bits per heavy atom. The third kappa shape index (κ3) is 1.77. The van der Waals surface area contributed by atoms with Crippen LogP contribution in [0.1, 0.15) is 16.3 Å². The lowest BCUT2D eigenvalue weighted by Crippen LogP contribution is -2.04. The van der Waals surface area contributed by atoms with Crippen LogP contribution in [0.15, 0.2) is 18.5 Å². The molecule has 2 rings (SSSR count). The van der Waals surface area contributed by atoms with Crippen LogP contribution in [0.4, 0.5) is 0 Å². The second-order valence-electron chi connectivity index (χ2n) is 3.14. The molecule has 0 radical (unpaired) electrons. The van der Waals surface area contributed by atoms with Gasteiger partial charge in [0, 0.05) is 6.20 Å². The Morgan fingerprint density at radius 2 is 2.31 bits per heavy atom. The van der Waals surface area contributed by atoms with Crippen LogP contribution in [0.5, 0.6) is 0 Å². The van der Waals surface area contributed by atoms with E-state index >= 15 is 0 Å². The van der Waals surface area contributed by atoms with Crippen molar-refractivity contribution in [1.29, 1.82) is 0 Å². The topological polar surface area (TPSA) is 80.8 Å². The molecule has 0 unspecified atom stereocenters. The van der Waals surface area contributed by atoms with Gasteiger partial charge in [0.05, 0.1) is 24.6 Å². The van der Waals surface area contributed by atoms with E-state index in [1.165, 1.54) is 13.3 Å². The van der Waals surface area contributed by atoms with Crippen LogP contribution in [0.2, 0.25) is 0 Å². The molecular weight excluding hydrogens is 208 g/mol. The van der Waals surface area contributed by atoms with Crippen molar-refractivity contribution in [2.24, 2.45) is 0 Å². The first kappa shape index (κ1) is 10.3. The molecule has 1 N–H and O–H groups in total. The van der Waals surface area contributed by atoms with Crippen molar-refractivity contribution in [2.45, 2.75) is 6.92 Å². The first-order chi connectivity index (χ1) is 7.72. The number of methoxy groups -OCH3 is 1. The summed E-state index contributed by atoms with van der Waals surface area (Å²) < 4.78 is 4.63. The number of aryl methyl sites for hydroxylation is 1. The van der Waals surface area contributed by atoms with E-state index in [4.69, 9.17) is 0 Å². The van der Waals surface area contributed by atoms with Crippen molar-refractivity contribution in [1.82, 2.24) is 20.2 Å². The Labute approximate surface area is 91.7 Å². The maximum atomic E-state index is 11.4. The van der Waals surface area contributed by atoms with E-state index in [9.17, 15) is 4.79 Å². The fourth-order valence-corrected chi connectivity index (χ4v) is 1.34. The van der Waals surface area contributed by atoms with E-state index in [2.05, 4.69) is 24.9 Å².